The Labute approximate surface area is 189 Å². The van der Waals surface area contributed by atoms with Crippen LogP contribution in [0.4, 0.5) is 0 Å². The van der Waals surface area contributed by atoms with E-state index in [-0.39, 0.29) is 0 Å². The van der Waals surface area contributed by atoms with Crippen LogP contribution in [0.3, 0.4) is 0 Å². The number of rotatable bonds is 4. The Bertz CT molecular complexity index is 1330. The lowest BCUT2D eigenvalue weighted by molar-refractivity contribution is 1.34. The van der Waals surface area contributed by atoms with Gasteiger partial charge in [-0.05, 0) is 59.3 Å². The first-order chi connectivity index (χ1) is 14.8. The van der Waals surface area contributed by atoms with Crippen molar-refractivity contribution in [2.24, 2.45) is 0 Å². The first-order valence-electron chi connectivity index (χ1n) is 9.37. The van der Waals surface area contributed by atoms with Crippen LogP contribution in [-0.4, -0.2) is 9.97 Å². The second-order valence-corrected chi connectivity index (χ2v) is 10.8. The van der Waals surface area contributed by atoms with Crippen molar-refractivity contribution >= 4 is 56.4 Å². The third-order valence-electron chi connectivity index (χ3n) is 4.84. The number of pyridine rings is 2. The molecule has 0 aliphatic rings. The molecule has 6 aromatic rings. The van der Waals surface area contributed by atoms with E-state index in [0.29, 0.717) is 0 Å². The maximum atomic E-state index is 4.73. The lowest BCUT2D eigenvalue weighted by atomic mass is 10.1. The molecule has 6 heterocycles. The van der Waals surface area contributed by atoms with Gasteiger partial charge < -0.3 is 0 Å². The lowest BCUT2D eigenvalue weighted by Gasteiger charge is -2.03. The van der Waals surface area contributed by atoms with Crippen molar-refractivity contribution in [2.45, 2.75) is 0 Å². The minimum Gasteiger partial charge on any atom is -0.254 e. The van der Waals surface area contributed by atoms with Crippen molar-refractivity contribution in [1.29, 1.82) is 0 Å². The number of nitrogens with zero attached hydrogens (tertiary/aromatic N) is 2. The molecular formula is C24H14N2S4. The molecule has 0 saturated carbocycles. The summed E-state index contributed by atoms with van der Waals surface area (Å²) >= 11 is 7.14. The zero-order valence-electron chi connectivity index (χ0n) is 15.6. The molecule has 0 aliphatic carbocycles. The highest BCUT2D eigenvalue weighted by Crippen LogP contribution is 2.38. The van der Waals surface area contributed by atoms with Gasteiger partial charge in [-0.1, -0.05) is 12.1 Å². The molecule has 0 spiro atoms. The fraction of sp³-hybridized carbons (Fsp3) is 0. The molecule has 0 N–H and O–H groups in total. The molecule has 0 amide bonds. The van der Waals surface area contributed by atoms with Crippen LogP contribution in [0.25, 0.3) is 51.4 Å². The van der Waals surface area contributed by atoms with E-state index in [2.05, 4.69) is 71.4 Å². The molecule has 0 aromatic carbocycles. The minimum absolute atomic E-state index is 0.928. The van der Waals surface area contributed by atoms with Crippen LogP contribution in [0, 0.1) is 0 Å². The van der Waals surface area contributed by atoms with Gasteiger partial charge in [0.2, 0.25) is 0 Å². The van der Waals surface area contributed by atoms with E-state index in [1.165, 1.54) is 29.3 Å². The number of thiophene rings is 4. The van der Waals surface area contributed by atoms with Gasteiger partial charge in [-0.15, -0.1) is 45.3 Å². The number of fused-ring (bicyclic) bond motifs is 1. The van der Waals surface area contributed by atoms with Gasteiger partial charge >= 0.3 is 0 Å². The Morgan fingerprint density at radius 1 is 0.500 bits per heavy atom. The van der Waals surface area contributed by atoms with Crippen LogP contribution in [0.15, 0.2) is 83.8 Å². The summed E-state index contributed by atoms with van der Waals surface area (Å²) in [5.41, 5.74) is 4.09. The van der Waals surface area contributed by atoms with Crippen LogP contribution in [0.5, 0.6) is 0 Å². The number of hydrogen-bond donors (Lipinski definition) is 0. The monoisotopic (exact) mass is 458 g/mol. The first-order valence-corrected chi connectivity index (χ1v) is 12.8. The maximum absolute atomic E-state index is 4.73. The van der Waals surface area contributed by atoms with E-state index < -0.39 is 0 Å². The van der Waals surface area contributed by atoms with E-state index in [0.717, 1.165) is 22.2 Å². The molecule has 0 bridgehead atoms. The molecule has 30 heavy (non-hydrogen) atoms. The van der Waals surface area contributed by atoms with Gasteiger partial charge in [-0.3, -0.25) is 9.97 Å². The molecule has 0 fully saturated rings. The van der Waals surface area contributed by atoms with E-state index in [4.69, 9.17) is 9.97 Å². The van der Waals surface area contributed by atoms with Crippen molar-refractivity contribution in [3.05, 3.63) is 83.8 Å². The van der Waals surface area contributed by atoms with Gasteiger partial charge in [0, 0.05) is 52.8 Å². The molecule has 6 heteroatoms. The van der Waals surface area contributed by atoms with Crippen molar-refractivity contribution in [3.8, 4) is 40.4 Å². The van der Waals surface area contributed by atoms with Gasteiger partial charge in [0.1, 0.15) is 0 Å². The van der Waals surface area contributed by atoms with Gasteiger partial charge in [0.25, 0.3) is 0 Å². The van der Waals surface area contributed by atoms with Gasteiger partial charge in [0.05, 0.1) is 11.0 Å². The second-order valence-electron chi connectivity index (χ2n) is 6.77. The minimum atomic E-state index is 0.928. The molecule has 0 saturated heterocycles. The Morgan fingerprint density at radius 2 is 0.967 bits per heavy atom. The quantitative estimate of drug-likeness (QED) is 0.264. The van der Waals surface area contributed by atoms with E-state index in [1.54, 1.807) is 45.3 Å². The predicted molar refractivity (Wildman–Crippen MR) is 133 cm³/mol. The van der Waals surface area contributed by atoms with Gasteiger partial charge in [-0.2, -0.15) is 0 Å². The molecule has 0 atom stereocenters. The maximum Gasteiger partial charge on any atom is 0.0893 e. The molecule has 2 nitrogen and oxygen atoms in total. The highest BCUT2D eigenvalue weighted by Gasteiger charge is 2.10. The summed E-state index contributed by atoms with van der Waals surface area (Å²) in [7, 11) is 0. The highest BCUT2D eigenvalue weighted by molar-refractivity contribution is 7.23. The number of hydrogen-bond acceptors (Lipinski definition) is 6. The molecular weight excluding hydrogens is 445 g/mol. The van der Waals surface area contributed by atoms with Gasteiger partial charge in [0.15, 0.2) is 0 Å². The average Bonchev–Trinajstić information content (AvgIpc) is 3.58. The summed E-state index contributed by atoms with van der Waals surface area (Å²) < 4.78 is 0. The summed E-state index contributed by atoms with van der Waals surface area (Å²) in [6, 6.07) is 21.5. The summed E-state index contributed by atoms with van der Waals surface area (Å²) in [6.45, 7) is 0. The lowest BCUT2D eigenvalue weighted by Crippen LogP contribution is -1.86. The normalized spacial score (nSPS) is 11.3. The summed E-state index contributed by atoms with van der Waals surface area (Å²) in [5, 5.41) is 4.23. The molecule has 6 rings (SSSR count). The molecule has 0 radical (unpaired) electrons. The summed E-state index contributed by atoms with van der Waals surface area (Å²) in [6.07, 6.45) is 3.92. The highest BCUT2D eigenvalue weighted by atomic mass is 32.1. The van der Waals surface area contributed by atoms with Crippen molar-refractivity contribution < 1.29 is 0 Å². The fourth-order valence-corrected chi connectivity index (χ4v) is 7.00. The summed E-state index contributed by atoms with van der Waals surface area (Å²) in [4.78, 5) is 17.1. The molecule has 144 valence electrons. The summed E-state index contributed by atoms with van der Waals surface area (Å²) in [5.74, 6) is 0. The SMILES string of the molecule is c1csc(-c2ccc(-c3cnc4cc(-c5ccc(-c6cccs6)s5)cnc4c3)s2)c1. The zero-order chi connectivity index (χ0) is 19.9. The number of aromatic nitrogens is 2. The zero-order valence-corrected chi connectivity index (χ0v) is 18.9. The van der Waals surface area contributed by atoms with Crippen LogP contribution in [0.2, 0.25) is 0 Å². The Balaban J connectivity index is 1.33. The first kappa shape index (κ1) is 18.2. The average molecular weight is 459 g/mol. The van der Waals surface area contributed by atoms with Crippen molar-refractivity contribution in [3.63, 3.8) is 0 Å². The third kappa shape index (κ3) is 3.32. The topological polar surface area (TPSA) is 25.8 Å². The standard InChI is InChI=1S/C24H14N2S4/c1-3-21(27-9-1)23-7-5-19(29-23)15-11-17-18(25-13-15)12-16(14-26-17)20-6-8-24(30-20)22-4-2-10-28-22/h1-14H. The van der Waals surface area contributed by atoms with Gasteiger partial charge in [-0.25, -0.2) is 0 Å². The Hall–Kier alpha value is -2.64. The van der Waals surface area contributed by atoms with Crippen LogP contribution in [-0.2, 0) is 0 Å². The second kappa shape index (κ2) is 7.56. The molecule has 0 unspecified atom stereocenters. The fourth-order valence-electron chi connectivity index (χ4n) is 3.36. The third-order valence-corrected chi connectivity index (χ3v) is 9.24. The smallest absolute Gasteiger partial charge is 0.0893 e. The molecule has 6 aromatic heterocycles. The largest absolute Gasteiger partial charge is 0.254 e. The van der Waals surface area contributed by atoms with E-state index in [9.17, 15) is 0 Å². The molecule has 0 aliphatic heterocycles. The van der Waals surface area contributed by atoms with Crippen LogP contribution < -0.4 is 0 Å². The van der Waals surface area contributed by atoms with Crippen LogP contribution in [0.1, 0.15) is 0 Å². The van der Waals surface area contributed by atoms with E-state index >= 15 is 0 Å². The Morgan fingerprint density at radius 3 is 1.40 bits per heavy atom. The van der Waals surface area contributed by atoms with Crippen molar-refractivity contribution in [1.82, 2.24) is 9.97 Å². The van der Waals surface area contributed by atoms with E-state index in [1.807, 2.05) is 12.4 Å². The van der Waals surface area contributed by atoms with Crippen LogP contribution >= 0.6 is 45.3 Å². The van der Waals surface area contributed by atoms with Crippen molar-refractivity contribution in [2.75, 3.05) is 0 Å². The Kier molecular flexibility index (Phi) is 4.57. The predicted octanol–water partition coefficient (Wildman–Crippen LogP) is 8.54.